The maximum Gasteiger partial charge on any atom is 0.114 e. The van der Waals surface area contributed by atoms with Crippen LogP contribution in [0.25, 0.3) is 53.2 Å². The summed E-state index contributed by atoms with van der Waals surface area (Å²) in [7, 11) is -1.94. The van der Waals surface area contributed by atoms with Crippen LogP contribution in [-0.2, 0) is 0 Å². The highest BCUT2D eigenvalue weighted by Gasteiger charge is 2.41. The molecule has 1 aromatic heterocycles. The SMILES string of the molecule is C[Si]1(C)c2cccc(N(c3ccc(-c4ccccc4)cc3)c3ccc4ccccc4c3)c2-c2c1ccc1c2sc2ccccc21. The molecule has 45 heavy (non-hydrogen) atoms. The van der Waals surface area contributed by atoms with Crippen molar-refractivity contribution in [3.8, 4) is 22.3 Å². The fraction of sp³-hybridized carbons (Fsp3) is 0.0476. The number of benzene rings is 7. The standard InChI is InChI=1S/C42H31NSSi/c1-45(2)38-18-10-16-36(40(38)41-39(45)26-25-35-34-15-8-9-17-37(34)44-42(35)41)43(33-24-21-29-13-6-7-14-31(29)27-33)32-22-19-30(20-23-32)28-11-4-3-5-12-28/h3-27H,1-2H3. The molecule has 0 fully saturated rings. The van der Waals surface area contributed by atoms with Crippen LogP contribution in [0.5, 0.6) is 0 Å². The molecule has 0 unspecified atom stereocenters. The van der Waals surface area contributed by atoms with Gasteiger partial charge in [0.25, 0.3) is 0 Å². The summed E-state index contributed by atoms with van der Waals surface area (Å²) in [4.78, 5) is 2.49. The van der Waals surface area contributed by atoms with Gasteiger partial charge in [-0.2, -0.15) is 0 Å². The highest BCUT2D eigenvalue weighted by molar-refractivity contribution is 7.26. The first kappa shape index (κ1) is 26.4. The Labute approximate surface area is 268 Å². The van der Waals surface area contributed by atoms with Crippen LogP contribution in [0, 0.1) is 0 Å². The molecular formula is C42H31NSSi. The Balaban J connectivity index is 1.32. The molecule has 0 N–H and O–H groups in total. The number of hydrogen-bond acceptors (Lipinski definition) is 2. The number of rotatable bonds is 4. The summed E-state index contributed by atoms with van der Waals surface area (Å²) in [5, 5.41) is 8.29. The third kappa shape index (κ3) is 4.05. The predicted molar refractivity (Wildman–Crippen MR) is 199 cm³/mol. The van der Waals surface area contributed by atoms with Gasteiger partial charge in [-0.3, -0.25) is 0 Å². The summed E-state index contributed by atoms with van der Waals surface area (Å²) in [5.41, 5.74) is 8.89. The Morgan fingerprint density at radius 2 is 1.18 bits per heavy atom. The molecule has 1 aliphatic rings. The molecule has 0 saturated carbocycles. The molecule has 1 aliphatic heterocycles. The maximum atomic E-state index is 2.52. The van der Waals surface area contributed by atoms with E-state index in [1.807, 2.05) is 11.3 Å². The van der Waals surface area contributed by atoms with E-state index in [1.54, 1.807) is 5.19 Å². The molecule has 0 spiro atoms. The largest absolute Gasteiger partial charge is 0.310 e. The molecule has 0 saturated heterocycles. The Bertz CT molecular complexity index is 2400. The zero-order valence-corrected chi connectivity index (χ0v) is 27.1. The van der Waals surface area contributed by atoms with Crippen molar-refractivity contribution >= 4 is 77.8 Å². The first-order valence-corrected chi connectivity index (χ1v) is 19.4. The van der Waals surface area contributed by atoms with Gasteiger partial charge >= 0.3 is 0 Å². The van der Waals surface area contributed by atoms with Crippen molar-refractivity contribution in [1.29, 1.82) is 0 Å². The van der Waals surface area contributed by atoms with Crippen LogP contribution in [-0.4, -0.2) is 8.07 Å². The van der Waals surface area contributed by atoms with Crippen molar-refractivity contribution in [3.05, 3.63) is 152 Å². The minimum absolute atomic E-state index is 1.16. The van der Waals surface area contributed by atoms with Crippen LogP contribution in [0.15, 0.2) is 152 Å². The van der Waals surface area contributed by atoms with Crippen LogP contribution in [0.4, 0.5) is 17.1 Å². The first-order valence-electron chi connectivity index (χ1n) is 15.6. The van der Waals surface area contributed by atoms with Gasteiger partial charge in [0.15, 0.2) is 0 Å². The van der Waals surface area contributed by atoms with Crippen molar-refractivity contribution in [2.24, 2.45) is 0 Å². The molecule has 0 atom stereocenters. The second-order valence-electron chi connectivity index (χ2n) is 12.6. The van der Waals surface area contributed by atoms with Crippen LogP contribution >= 0.6 is 11.3 Å². The van der Waals surface area contributed by atoms with Crippen LogP contribution in [0.1, 0.15) is 0 Å². The lowest BCUT2D eigenvalue weighted by atomic mass is 9.99. The minimum Gasteiger partial charge on any atom is -0.310 e. The number of thiophene rings is 1. The zero-order chi connectivity index (χ0) is 30.1. The summed E-state index contributed by atoms with van der Waals surface area (Å²) in [6.07, 6.45) is 0. The second kappa shape index (κ2) is 10.0. The molecule has 7 aromatic carbocycles. The van der Waals surface area contributed by atoms with E-state index >= 15 is 0 Å². The van der Waals surface area contributed by atoms with Crippen LogP contribution in [0.2, 0.25) is 13.1 Å². The second-order valence-corrected chi connectivity index (χ2v) is 17.9. The summed E-state index contributed by atoms with van der Waals surface area (Å²) >= 11 is 1.95. The highest BCUT2D eigenvalue weighted by Crippen LogP contribution is 2.48. The number of anilines is 3. The van der Waals surface area contributed by atoms with E-state index in [1.165, 1.54) is 69.8 Å². The quantitative estimate of drug-likeness (QED) is 0.179. The minimum atomic E-state index is -1.94. The lowest BCUT2D eigenvalue weighted by molar-refractivity contribution is 1.29. The van der Waals surface area contributed by atoms with E-state index < -0.39 is 8.07 Å². The maximum absolute atomic E-state index is 2.52. The van der Waals surface area contributed by atoms with E-state index in [-0.39, 0.29) is 0 Å². The molecule has 3 heteroatoms. The van der Waals surface area contributed by atoms with Gasteiger partial charge in [-0.1, -0.05) is 128 Å². The van der Waals surface area contributed by atoms with Gasteiger partial charge in [-0.25, -0.2) is 0 Å². The van der Waals surface area contributed by atoms with Crippen molar-refractivity contribution in [2.75, 3.05) is 4.90 Å². The fourth-order valence-corrected chi connectivity index (χ4v) is 11.8. The summed E-state index contributed by atoms with van der Waals surface area (Å²) < 4.78 is 2.77. The average molecular weight is 610 g/mol. The van der Waals surface area contributed by atoms with Gasteiger partial charge in [0.05, 0.1) is 5.69 Å². The first-order chi connectivity index (χ1) is 22.1. The smallest absolute Gasteiger partial charge is 0.114 e. The molecule has 2 heterocycles. The molecule has 9 rings (SSSR count). The average Bonchev–Trinajstić information content (AvgIpc) is 3.58. The van der Waals surface area contributed by atoms with E-state index in [0.29, 0.717) is 0 Å². The van der Waals surface area contributed by atoms with Gasteiger partial charge < -0.3 is 4.90 Å². The molecule has 0 amide bonds. The van der Waals surface area contributed by atoms with Crippen molar-refractivity contribution in [3.63, 3.8) is 0 Å². The van der Waals surface area contributed by atoms with E-state index in [0.717, 1.165) is 5.69 Å². The third-order valence-corrected chi connectivity index (χ3v) is 14.4. The monoisotopic (exact) mass is 609 g/mol. The van der Waals surface area contributed by atoms with Crippen molar-refractivity contribution in [2.45, 2.75) is 13.1 Å². The van der Waals surface area contributed by atoms with E-state index in [9.17, 15) is 0 Å². The highest BCUT2D eigenvalue weighted by atomic mass is 32.1. The van der Waals surface area contributed by atoms with E-state index in [4.69, 9.17) is 0 Å². The Morgan fingerprint density at radius 3 is 2.02 bits per heavy atom. The number of fused-ring (bicyclic) bond motifs is 8. The summed E-state index contributed by atoms with van der Waals surface area (Å²) in [5.74, 6) is 0. The number of nitrogens with zero attached hydrogens (tertiary/aromatic N) is 1. The molecule has 0 aliphatic carbocycles. The van der Waals surface area contributed by atoms with Gasteiger partial charge in [-0.15, -0.1) is 11.3 Å². The number of hydrogen-bond donors (Lipinski definition) is 0. The fourth-order valence-electron chi connectivity index (χ4n) is 7.39. The van der Waals surface area contributed by atoms with E-state index in [2.05, 4.69) is 170 Å². The molecule has 8 aromatic rings. The van der Waals surface area contributed by atoms with Crippen LogP contribution in [0.3, 0.4) is 0 Å². The van der Waals surface area contributed by atoms with Crippen molar-refractivity contribution < 1.29 is 0 Å². The summed E-state index contributed by atoms with van der Waals surface area (Å²) in [6.45, 7) is 5.05. The zero-order valence-electron chi connectivity index (χ0n) is 25.3. The molecule has 214 valence electrons. The van der Waals surface area contributed by atoms with Gasteiger partial charge in [0, 0.05) is 42.7 Å². The predicted octanol–water partition coefficient (Wildman–Crippen LogP) is 11.1. The molecule has 1 nitrogen and oxygen atoms in total. The third-order valence-electron chi connectivity index (χ3n) is 9.65. The lowest BCUT2D eigenvalue weighted by Gasteiger charge is -2.29. The van der Waals surface area contributed by atoms with Crippen molar-refractivity contribution in [1.82, 2.24) is 0 Å². The Kier molecular flexibility index (Phi) is 5.89. The van der Waals surface area contributed by atoms with Gasteiger partial charge in [0.2, 0.25) is 0 Å². The van der Waals surface area contributed by atoms with Gasteiger partial charge in [-0.05, 0) is 68.7 Å². The lowest BCUT2D eigenvalue weighted by Crippen LogP contribution is -2.49. The molecule has 0 bridgehead atoms. The summed E-state index contributed by atoms with van der Waals surface area (Å²) in [6, 6.07) is 56.0. The van der Waals surface area contributed by atoms with Crippen LogP contribution < -0.4 is 15.3 Å². The Hall–Kier alpha value is -4.96. The van der Waals surface area contributed by atoms with Gasteiger partial charge in [0.1, 0.15) is 8.07 Å². The topological polar surface area (TPSA) is 3.24 Å². The molecular weight excluding hydrogens is 579 g/mol. The molecule has 0 radical (unpaired) electrons. The normalized spacial score (nSPS) is 13.3. The Morgan fingerprint density at radius 1 is 0.489 bits per heavy atom.